The van der Waals surface area contributed by atoms with Gasteiger partial charge in [-0.3, -0.25) is 0 Å². The predicted molar refractivity (Wildman–Crippen MR) is 41.7 cm³/mol. The van der Waals surface area contributed by atoms with E-state index in [1.807, 2.05) is 13.8 Å². The van der Waals surface area contributed by atoms with Crippen LogP contribution in [0, 0.1) is 0 Å². The zero-order valence-electron chi connectivity index (χ0n) is 4.92. The van der Waals surface area contributed by atoms with Crippen molar-refractivity contribution in [1.82, 2.24) is 20.6 Å². The van der Waals surface area contributed by atoms with E-state index in [1.54, 1.807) is 0 Å². The lowest BCUT2D eigenvalue weighted by atomic mass is 10.2. The van der Waals surface area contributed by atoms with Crippen molar-refractivity contribution >= 4 is 0 Å². The summed E-state index contributed by atoms with van der Waals surface area (Å²) in [5.74, 6) is 1.14. The van der Waals surface area contributed by atoms with Crippen molar-refractivity contribution in [1.29, 1.82) is 0 Å². The van der Waals surface area contributed by atoms with Gasteiger partial charge in [-0.25, -0.2) is 0 Å². The number of aromatic nitrogens is 4. The molecule has 0 unspecified atom stereocenters. The molecule has 0 saturated heterocycles. The SMILES string of the molecule is C.C.CC(C)c1nn[nH]n1. The highest BCUT2D eigenvalue weighted by atomic mass is 15.5. The van der Waals surface area contributed by atoms with E-state index >= 15 is 0 Å². The molecular weight excluding hydrogens is 128 g/mol. The maximum Gasteiger partial charge on any atom is 0.177 e. The van der Waals surface area contributed by atoms with E-state index in [0.29, 0.717) is 5.92 Å². The highest BCUT2D eigenvalue weighted by Crippen LogP contribution is 2.03. The lowest BCUT2D eigenvalue weighted by molar-refractivity contribution is 0.778. The Kier molecular flexibility index (Phi) is 5.79. The van der Waals surface area contributed by atoms with Gasteiger partial charge in [0.05, 0.1) is 0 Å². The van der Waals surface area contributed by atoms with Gasteiger partial charge < -0.3 is 0 Å². The van der Waals surface area contributed by atoms with E-state index < -0.39 is 0 Å². The Bertz CT molecular complexity index is 145. The van der Waals surface area contributed by atoms with Crippen molar-refractivity contribution in [2.75, 3.05) is 0 Å². The average molecular weight is 144 g/mol. The van der Waals surface area contributed by atoms with Gasteiger partial charge in [-0.1, -0.05) is 33.9 Å². The highest BCUT2D eigenvalue weighted by molar-refractivity contribution is 4.83. The van der Waals surface area contributed by atoms with Crippen molar-refractivity contribution in [2.24, 2.45) is 0 Å². The monoisotopic (exact) mass is 144 g/mol. The molecule has 0 amide bonds. The summed E-state index contributed by atoms with van der Waals surface area (Å²) in [4.78, 5) is 0. The summed E-state index contributed by atoms with van der Waals surface area (Å²) < 4.78 is 0. The third kappa shape index (κ3) is 2.57. The maximum absolute atomic E-state index is 3.77. The molecule has 1 aromatic heterocycles. The molecule has 60 valence electrons. The minimum absolute atomic E-state index is 0. The topological polar surface area (TPSA) is 54.5 Å². The molecule has 0 radical (unpaired) electrons. The molecule has 4 nitrogen and oxygen atoms in total. The molecule has 0 spiro atoms. The van der Waals surface area contributed by atoms with Crippen molar-refractivity contribution in [3.05, 3.63) is 5.82 Å². The van der Waals surface area contributed by atoms with Gasteiger partial charge in [0, 0.05) is 5.92 Å². The third-order valence-electron chi connectivity index (χ3n) is 0.878. The van der Waals surface area contributed by atoms with Crippen LogP contribution in [0.25, 0.3) is 0 Å². The molecule has 0 aliphatic carbocycles. The highest BCUT2D eigenvalue weighted by Gasteiger charge is 2.00. The summed E-state index contributed by atoms with van der Waals surface area (Å²) in [5, 5.41) is 13.3. The van der Waals surface area contributed by atoms with Crippen LogP contribution in [0.2, 0.25) is 0 Å². The molecule has 1 heterocycles. The Morgan fingerprint density at radius 3 is 2.10 bits per heavy atom. The summed E-state index contributed by atoms with van der Waals surface area (Å²) in [7, 11) is 0. The van der Waals surface area contributed by atoms with Gasteiger partial charge in [-0.15, -0.1) is 10.2 Å². The molecule has 0 fully saturated rings. The van der Waals surface area contributed by atoms with Crippen LogP contribution >= 0.6 is 0 Å². The minimum atomic E-state index is 0. The molecule has 1 aromatic rings. The molecule has 0 aliphatic heterocycles. The quantitative estimate of drug-likeness (QED) is 0.651. The normalized spacial score (nSPS) is 8.30. The number of rotatable bonds is 1. The number of hydrogen-bond donors (Lipinski definition) is 1. The molecule has 0 aromatic carbocycles. The smallest absolute Gasteiger partial charge is 0.177 e. The van der Waals surface area contributed by atoms with Crippen LogP contribution < -0.4 is 0 Å². The van der Waals surface area contributed by atoms with Crippen LogP contribution in [0.1, 0.15) is 40.4 Å². The Labute approximate surface area is 62.0 Å². The number of tetrazole rings is 1. The maximum atomic E-state index is 3.77. The largest absolute Gasteiger partial charge is 0.177 e. The van der Waals surface area contributed by atoms with E-state index in [-0.39, 0.29) is 14.9 Å². The number of aromatic amines is 1. The number of hydrogen-bond acceptors (Lipinski definition) is 3. The zero-order chi connectivity index (χ0) is 5.98. The number of nitrogens with zero attached hydrogens (tertiary/aromatic N) is 3. The average Bonchev–Trinajstić information content (AvgIpc) is 2.12. The molecule has 0 saturated carbocycles. The Morgan fingerprint density at radius 2 is 1.90 bits per heavy atom. The summed E-state index contributed by atoms with van der Waals surface area (Å²) in [6.45, 7) is 4.04. The molecule has 1 N–H and O–H groups in total. The summed E-state index contributed by atoms with van der Waals surface area (Å²) in [6, 6.07) is 0. The minimum Gasteiger partial charge on any atom is -0.177 e. The lowest BCUT2D eigenvalue weighted by Gasteiger charge is -1.90. The second-order valence-electron chi connectivity index (χ2n) is 1.92. The first kappa shape index (κ1) is 11.8. The summed E-state index contributed by atoms with van der Waals surface area (Å²) in [5.41, 5.74) is 0. The standard InChI is InChI=1S/C4H8N4.2CH4/c1-3(2)4-5-7-8-6-4;;/h3H,1-2H3,(H,5,6,7,8);2*1H4. The van der Waals surface area contributed by atoms with E-state index in [1.165, 1.54) is 0 Å². The van der Waals surface area contributed by atoms with Crippen molar-refractivity contribution < 1.29 is 0 Å². The summed E-state index contributed by atoms with van der Waals surface area (Å²) in [6.07, 6.45) is 0. The van der Waals surface area contributed by atoms with E-state index in [0.717, 1.165) is 5.82 Å². The van der Waals surface area contributed by atoms with Crippen LogP contribution in [-0.2, 0) is 0 Å². The Hall–Kier alpha value is -0.930. The van der Waals surface area contributed by atoms with Gasteiger partial charge in [0.15, 0.2) is 5.82 Å². The fourth-order valence-corrected chi connectivity index (χ4v) is 0.414. The molecule has 10 heavy (non-hydrogen) atoms. The first-order valence-electron chi connectivity index (χ1n) is 2.54. The number of nitrogens with one attached hydrogen (secondary N) is 1. The van der Waals surface area contributed by atoms with E-state index in [9.17, 15) is 0 Å². The molecular formula is C6H16N4. The van der Waals surface area contributed by atoms with Crippen molar-refractivity contribution in [3.63, 3.8) is 0 Å². The second-order valence-corrected chi connectivity index (χ2v) is 1.92. The fraction of sp³-hybridized carbons (Fsp3) is 0.833. The van der Waals surface area contributed by atoms with E-state index in [2.05, 4.69) is 20.6 Å². The molecule has 0 bridgehead atoms. The third-order valence-corrected chi connectivity index (χ3v) is 0.878. The fourth-order valence-electron chi connectivity index (χ4n) is 0.414. The van der Waals surface area contributed by atoms with Gasteiger partial charge in [0.2, 0.25) is 0 Å². The van der Waals surface area contributed by atoms with Crippen LogP contribution in [0.4, 0.5) is 0 Å². The molecule has 0 aliphatic rings. The zero-order valence-corrected chi connectivity index (χ0v) is 4.92. The lowest BCUT2D eigenvalue weighted by Crippen LogP contribution is -1.88. The van der Waals surface area contributed by atoms with Gasteiger partial charge in [-0.2, -0.15) is 5.21 Å². The Balaban J connectivity index is 0. The number of H-pyrrole nitrogens is 1. The van der Waals surface area contributed by atoms with Crippen LogP contribution in [0.15, 0.2) is 0 Å². The van der Waals surface area contributed by atoms with Crippen molar-refractivity contribution in [2.45, 2.75) is 34.6 Å². The van der Waals surface area contributed by atoms with Gasteiger partial charge in [0.25, 0.3) is 0 Å². The Morgan fingerprint density at radius 1 is 1.30 bits per heavy atom. The van der Waals surface area contributed by atoms with Gasteiger partial charge >= 0.3 is 0 Å². The molecule has 4 heteroatoms. The van der Waals surface area contributed by atoms with Crippen LogP contribution in [0.3, 0.4) is 0 Å². The van der Waals surface area contributed by atoms with Crippen molar-refractivity contribution in [3.8, 4) is 0 Å². The van der Waals surface area contributed by atoms with Crippen LogP contribution in [-0.4, -0.2) is 20.6 Å². The summed E-state index contributed by atoms with van der Waals surface area (Å²) >= 11 is 0. The predicted octanol–water partition coefficient (Wildman–Crippen LogP) is 1.60. The second kappa shape index (κ2) is 4.90. The first-order valence-corrected chi connectivity index (χ1v) is 2.54. The first-order chi connectivity index (χ1) is 3.80. The molecule has 0 atom stereocenters. The molecule has 1 rings (SSSR count). The van der Waals surface area contributed by atoms with Gasteiger partial charge in [-0.05, 0) is 0 Å². The van der Waals surface area contributed by atoms with E-state index in [4.69, 9.17) is 0 Å². The van der Waals surface area contributed by atoms with Crippen LogP contribution in [0.5, 0.6) is 0 Å². The van der Waals surface area contributed by atoms with Gasteiger partial charge in [0.1, 0.15) is 0 Å².